The Balaban J connectivity index is 3.03. The number of carbonyl (C=O) groups is 1. The molecule has 0 unspecified atom stereocenters. The molecule has 3 nitrogen and oxygen atoms in total. The van der Waals surface area contributed by atoms with Gasteiger partial charge in [0, 0.05) is 11.5 Å². The van der Waals surface area contributed by atoms with Gasteiger partial charge in [0.25, 0.3) is 0 Å². The van der Waals surface area contributed by atoms with Crippen molar-refractivity contribution in [2.45, 2.75) is 45.4 Å². The quantitative estimate of drug-likeness (QED) is 0.341. The van der Waals surface area contributed by atoms with Crippen LogP contribution in [-0.4, -0.2) is 5.97 Å². The zero-order chi connectivity index (χ0) is 9.23. The van der Waals surface area contributed by atoms with Crippen LogP contribution in [0.25, 0.3) is 0 Å². The fourth-order valence-electron chi connectivity index (χ4n) is 0.950. The molecule has 0 radical (unpaired) electrons. The van der Waals surface area contributed by atoms with Crippen LogP contribution in [0.4, 0.5) is 4.53 Å². The molecule has 0 aromatic rings. The van der Waals surface area contributed by atoms with Crippen molar-refractivity contribution in [2.75, 3.05) is 0 Å². The molecular weight excluding hydrogens is 163 g/mol. The van der Waals surface area contributed by atoms with E-state index in [1.807, 2.05) is 0 Å². The Kier molecular flexibility index (Phi) is 8.01. The van der Waals surface area contributed by atoms with Gasteiger partial charge in [-0.2, -0.15) is 0 Å². The highest BCUT2D eigenvalue weighted by Crippen LogP contribution is 2.05. The Hall–Kier alpha value is -0.640. The molecule has 0 heterocycles. The number of halogens is 1. The minimum atomic E-state index is -0.644. The first kappa shape index (κ1) is 11.4. The second kappa shape index (κ2) is 8.46. The molecule has 72 valence electrons. The van der Waals surface area contributed by atoms with Crippen LogP contribution < -0.4 is 0 Å². The minimum absolute atomic E-state index is 0.230. The maximum Gasteiger partial charge on any atom is 0.345 e. The van der Waals surface area contributed by atoms with E-state index in [1.54, 1.807) is 0 Å². The Morgan fingerprint density at radius 3 is 2.50 bits per heavy atom. The number of carbonyl (C=O) groups excluding carboxylic acids is 1. The summed E-state index contributed by atoms with van der Waals surface area (Å²) in [5.41, 5.74) is 0. The molecule has 12 heavy (non-hydrogen) atoms. The molecule has 0 aromatic carbocycles. The number of rotatable bonds is 7. The fraction of sp³-hybridized carbons (Fsp3) is 0.875. The van der Waals surface area contributed by atoms with Gasteiger partial charge in [-0.3, -0.25) is 4.89 Å². The Morgan fingerprint density at radius 2 is 1.92 bits per heavy atom. The van der Waals surface area contributed by atoms with E-state index in [9.17, 15) is 9.32 Å². The molecule has 0 saturated heterocycles. The molecule has 0 rings (SSSR count). The molecule has 0 saturated carbocycles. The Morgan fingerprint density at radius 1 is 1.25 bits per heavy atom. The van der Waals surface area contributed by atoms with Gasteiger partial charge in [-0.05, 0) is 10.9 Å². The zero-order valence-electron chi connectivity index (χ0n) is 7.35. The number of hydrogen-bond donors (Lipinski definition) is 0. The fourth-order valence-corrected chi connectivity index (χ4v) is 0.950. The van der Waals surface area contributed by atoms with Crippen LogP contribution in [0.3, 0.4) is 0 Å². The molecule has 0 aliphatic heterocycles. The lowest BCUT2D eigenvalue weighted by Gasteiger charge is -1.97. The highest BCUT2D eigenvalue weighted by atomic mass is 19.3. The van der Waals surface area contributed by atoms with E-state index in [4.69, 9.17) is 0 Å². The van der Waals surface area contributed by atoms with Gasteiger partial charge in [0.1, 0.15) is 0 Å². The van der Waals surface area contributed by atoms with Crippen molar-refractivity contribution in [2.24, 2.45) is 0 Å². The van der Waals surface area contributed by atoms with Gasteiger partial charge in [0.15, 0.2) is 0 Å². The second-order valence-electron chi connectivity index (χ2n) is 2.68. The van der Waals surface area contributed by atoms with Gasteiger partial charge in [0.05, 0.1) is 0 Å². The summed E-state index contributed by atoms with van der Waals surface area (Å²) in [4.78, 5) is 14.1. The van der Waals surface area contributed by atoms with Crippen molar-refractivity contribution in [3.05, 3.63) is 0 Å². The summed E-state index contributed by atoms with van der Waals surface area (Å²) in [6, 6.07) is 0. The van der Waals surface area contributed by atoms with E-state index in [0.717, 1.165) is 25.7 Å². The van der Waals surface area contributed by atoms with E-state index in [0.29, 0.717) is 0 Å². The molecule has 0 spiro atoms. The van der Waals surface area contributed by atoms with Crippen LogP contribution in [0.2, 0.25) is 0 Å². The minimum Gasteiger partial charge on any atom is -0.265 e. The highest BCUT2D eigenvalue weighted by molar-refractivity contribution is 5.68. The van der Waals surface area contributed by atoms with Gasteiger partial charge in [0.2, 0.25) is 0 Å². The molecule has 0 N–H and O–H groups in total. The van der Waals surface area contributed by atoms with Crippen molar-refractivity contribution in [1.29, 1.82) is 0 Å². The second-order valence-corrected chi connectivity index (χ2v) is 2.68. The summed E-state index contributed by atoms with van der Waals surface area (Å²) in [6.07, 6.45) is 5.40. The standard InChI is InChI=1S/C8H15FO3/c1-2-3-4-5-6-7-8(10)11-12-9/h2-7H2,1H3. The predicted molar refractivity (Wildman–Crippen MR) is 41.7 cm³/mol. The van der Waals surface area contributed by atoms with Crippen molar-refractivity contribution in [3.8, 4) is 0 Å². The van der Waals surface area contributed by atoms with Crippen molar-refractivity contribution >= 4 is 5.97 Å². The molecule has 0 aliphatic carbocycles. The lowest BCUT2D eigenvalue weighted by Crippen LogP contribution is -2.01. The van der Waals surface area contributed by atoms with Crippen molar-refractivity contribution in [1.82, 2.24) is 0 Å². The molecular formula is C8H15FO3. The van der Waals surface area contributed by atoms with Crippen molar-refractivity contribution in [3.63, 3.8) is 0 Å². The third-order valence-electron chi connectivity index (χ3n) is 1.61. The number of unbranched alkanes of at least 4 members (excludes halogenated alkanes) is 4. The predicted octanol–water partition coefficient (Wildman–Crippen LogP) is 2.71. The molecule has 0 aromatic heterocycles. The Labute approximate surface area is 71.7 Å². The van der Waals surface area contributed by atoms with E-state index in [2.05, 4.69) is 16.9 Å². The Bertz CT molecular complexity index is 117. The summed E-state index contributed by atoms with van der Waals surface area (Å²) in [6.45, 7) is 2.12. The largest absolute Gasteiger partial charge is 0.345 e. The SMILES string of the molecule is CCCCCCCC(=O)OOF. The van der Waals surface area contributed by atoms with Crippen LogP contribution >= 0.6 is 0 Å². The van der Waals surface area contributed by atoms with E-state index >= 15 is 0 Å². The molecule has 0 bridgehead atoms. The highest BCUT2D eigenvalue weighted by Gasteiger charge is 2.02. The first-order chi connectivity index (χ1) is 5.81. The maximum atomic E-state index is 10.9. The van der Waals surface area contributed by atoms with E-state index < -0.39 is 5.97 Å². The van der Waals surface area contributed by atoms with Crippen LogP contribution in [0, 0.1) is 0 Å². The maximum absolute atomic E-state index is 10.9. The van der Waals surface area contributed by atoms with Crippen LogP contribution in [-0.2, 0) is 14.8 Å². The lowest BCUT2D eigenvalue weighted by molar-refractivity contribution is -0.399. The molecule has 0 aliphatic rings. The number of hydrogen-bond acceptors (Lipinski definition) is 3. The monoisotopic (exact) mass is 178 g/mol. The topological polar surface area (TPSA) is 35.5 Å². The van der Waals surface area contributed by atoms with Crippen LogP contribution in [0.1, 0.15) is 45.4 Å². The van der Waals surface area contributed by atoms with E-state index in [-0.39, 0.29) is 6.42 Å². The summed E-state index contributed by atoms with van der Waals surface area (Å²) >= 11 is 0. The normalized spacial score (nSPS) is 9.83. The first-order valence-electron chi connectivity index (χ1n) is 4.29. The van der Waals surface area contributed by atoms with E-state index in [1.165, 1.54) is 6.42 Å². The van der Waals surface area contributed by atoms with Gasteiger partial charge < -0.3 is 0 Å². The third-order valence-corrected chi connectivity index (χ3v) is 1.61. The van der Waals surface area contributed by atoms with Gasteiger partial charge >= 0.3 is 5.97 Å². The summed E-state index contributed by atoms with van der Waals surface area (Å²) in [5, 5.41) is 2.73. The van der Waals surface area contributed by atoms with Crippen molar-refractivity contribution < 1.29 is 19.3 Å². The van der Waals surface area contributed by atoms with Crippen LogP contribution in [0.5, 0.6) is 0 Å². The van der Waals surface area contributed by atoms with Gasteiger partial charge in [-0.1, -0.05) is 32.6 Å². The smallest absolute Gasteiger partial charge is 0.265 e. The van der Waals surface area contributed by atoms with Crippen LogP contribution in [0.15, 0.2) is 0 Å². The summed E-state index contributed by atoms with van der Waals surface area (Å²) in [5.74, 6) is -0.644. The van der Waals surface area contributed by atoms with Gasteiger partial charge in [-0.15, -0.1) is 0 Å². The van der Waals surface area contributed by atoms with Gasteiger partial charge in [-0.25, -0.2) is 4.79 Å². The first-order valence-corrected chi connectivity index (χ1v) is 4.29. The summed E-state index contributed by atoms with van der Waals surface area (Å²) < 4.78 is 10.9. The third kappa shape index (κ3) is 7.47. The molecule has 0 atom stereocenters. The molecule has 4 heteroatoms. The molecule has 0 fully saturated rings. The zero-order valence-corrected chi connectivity index (χ0v) is 7.35. The molecule has 0 amide bonds. The average Bonchev–Trinajstić information content (AvgIpc) is 2.05. The lowest BCUT2D eigenvalue weighted by atomic mass is 10.1. The summed E-state index contributed by atoms with van der Waals surface area (Å²) in [7, 11) is 0. The average molecular weight is 178 g/mol.